The summed E-state index contributed by atoms with van der Waals surface area (Å²) in [4.78, 5) is 34.2. The van der Waals surface area contributed by atoms with Crippen LogP contribution in [0.3, 0.4) is 0 Å². The van der Waals surface area contributed by atoms with Crippen LogP contribution in [0, 0.1) is 5.92 Å². The minimum absolute atomic E-state index is 0.0117. The second kappa shape index (κ2) is 7.77. The molecule has 1 amide bonds. The first kappa shape index (κ1) is 19.3. The number of carbonyl (C=O) groups excluding carboxylic acids is 1. The molecule has 0 radical (unpaired) electrons. The summed E-state index contributed by atoms with van der Waals surface area (Å²) in [5.74, 6) is 0.866. The van der Waals surface area contributed by atoms with Gasteiger partial charge in [0.1, 0.15) is 5.52 Å². The molecule has 1 atom stereocenters. The molecular formula is C21H27N7O. The van der Waals surface area contributed by atoms with Crippen LogP contribution in [0.15, 0.2) is 30.9 Å². The molecular weight excluding hydrogens is 366 g/mol. The number of fused-ring (bicyclic) bond motifs is 1. The van der Waals surface area contributed by atoms with Crippen molar-refractivity contribution in [3.63, 3.8) is 0 Å². The van der Waals surface area contributed by atoms with Crippen LogP contribution < -0.4 is 4.90 Å². The van der Waals surface area contributed by atoms with Crippen molar-refractivity contribution < 1.29 is 4.79 Å². The highest BCUT2D eigenvalue weighted by Gasteiger charge is 2.30. The van der Waals surface area contributed by atoms with Gasteiger partial charge in [-0.15, -0.1) is 0 Å². The number of rotatable bonds is 5. The van der Waals surface area contributed by atoms with E-state index >= 15 is 0 Å². The number of carbonyl (C=O) groups is 1. The standard InChI is InChI=1S/C21H27N7O/c1-14(2)28-13-24-18-11-23-17(10-19(18)28)9-16-5-7-22-21(25-16)27-8-6-15(12-27)20(29)26(3)4/h5,7,10-11,13-15H,6,8-9,12H2,1-4H3. The Balaban J connectivity index is 1.52. The van der Waals surface area contributed by atoms with Gasteiger partial charge in [0.05, 0.1) is 29.7 Å². The van der Waals surface area contributed by atoms with E-state index in [0.717, 1.165) is 35.4 Å². The third kappa shape index (κ3) is 3.92. The maximum absolute atomic E-state index is 12.2. The number of hydrogen-bond acceptors (Lipinski definition) is 6. The third-order valence-electron chi connectivity index (χ3n) is 5.40. The van der Waals surface area contributed by atoms with Gasteiger partial charge in [-0.3, -0.25) is 9.78 Å². The molecule has 1 fully saturated rings. The van der Waals surface area contributed by atoms with Crippen molar-refractivity contribution in [2.24, 2.45) is 5.92 Å². The Bertz CT molecular complexity index is 1030. The quantitative estimate of drug-likeness (QED) is 0.662. The van der Waals surface area contributed by atoms with Crippen LogP contribution in [-0.2, 0) is 11.2 Å². The SMILES string of the molecule is CC(C)n1cnc2cnc(Cc3ccnc(N4CCC(C(=O)N(C)C)C4)n3)cc21. The van der Waals surface area contributed by atoms with Crippen LogP contribution in [0.25, 0.3) is 11.0 Å². The molecule has 1 saturated heterocycles. The van der Waals surface area contributed by atoms with Gasteiger partial charge < -0.3 is 14.4 Å². The van der Waals surface area contributed by atoms with E-state index in [1.165, 1.54) is 0 Å². The van der Waals surface area contributed by atoms with Gasteiger partial charge in [0.15, 0.2) is 0 Å². The summed E-state index contributed by atoms with van der Waals surface area (Å²) in [5.41, 5.74) is 3.86. The van der Waals surface area contributed by atoms with Gasteiger partial charge in [-0.2, -0.15) is 0 Å². The predicted molar refractivity (Wildman–Crippen MR) is 112 cm³/mol. The number of nitrogens with zero attached hydrogens (tertiary/aromatic N) is 7. The number of pyridine rings is 1. The van der Waals surface area contributed by atoms with Crippen LogP contribution in [-0.4, -0.2) is 62.5 Å². The zero-order valence-electron chi connectivity index (χ0n) is 17.4. The molecule has 3 aromatic heterocycles. The lowest BCUT2D eigenvalue weighted by atomic mass is 10.1. The van der Waals surface area contributed by atoms with Gasteiger partial charge in [0.25, 0.3) is 0 Å². The lowest BCUT2D eigenvalue weighted by Gasteiger charge is -2.18. The van der Waals surface area contributed by atoms with E-state index in [4.69, 9.17) is 4.98 Å². The van der Waals surface area contributed by atoms with Crippen molar-refractivity contribution in [3.8, 4) is 0 Å². The van der Waals surface area contributed by atoms with Crippen molar-refractivity contribution >= 4 is 22.9 Å². The molecule has 4 rings (SSSR count). The van der Waals surface area contributed by atoms with Gasteiger partial charge in [-0.05, 0) is 32.4 Å². The molecule has 152 valence electrons. The number of anilines is 1. The van der Waals surface area contributed by atoms with Crippen LogP contribution >= 0.6 is 0 Å². The zero-order valence-corrected chi connectivity index (χ0v) is 17.4. The molecule has 0 aromatic carbocycles. The van der Waals surface area contributed by atoms with E-state index in [2.05, 4.69) is 44.3 Å². The fourth-order valence-corrected chi connectivity index (χ4v) is 3.81. The molecule has 8 heteroatoms. The molecule has 0 saturated carbocycles. The third-order valence-corrected chi connectivity index (χ3v) is 5.40. The summed E-state index contributed by atoms with van der Waals surface area (Å²) < 4.78 is 2.15. The lowest BCUT2D eigenvalue weighted by molar-refractivity contribution is -0.132. The van der Waals surface area contributed by atoms with Crippen LogP contribution in [0.1, 0.15) is 37.7 Å². The molecule has 3 aromatic rings. The normalized spacial score (nSPS) is 16.7. The lowest BCUT2D eigenvalue weighted by Crippen LogP contribution is -2.32. The van der Waals surface area contributed by atoms with Crippen LogP contribution in [0.4, 0.5) is 5.95 Å². The molecule has 0 N–H and O–H groups in total. The molecule has 0 spiro atoms. The number of amides is 1. The molecule has 0 aliphatic carbocycles. The smallest absolute Gasteiger partial charge is 0.227 e. The average molecular weight is 393 g/mol. The molecule has 0 bridgehead atoms. The first-order valence-electron chi connectivity index (χ1n) is 10.0. The van der Waals surface area contributed by atoms with E-state index in [1.54, 1.807) is 25.2 Å². The van der Waals surface area contributed by atoms with Crippen molar-refractivity contribution in [1.82, 2.24) is 29.4 Å². The monoisotopic (exact) mass is 393 g/mol. The minimum Gasteiger partial charge on any atom is -0.349 e. The highest BCUT2D eigenvalue weighted by atomic mass is 16.2. The van der Waals surface area contributed by atoms with Crippen molar-refractivity contribution in [2.45, 2.75) is 32.7 Å². The average Bonchev–Trinajstić information content (AvgIpc) is 3.34. The van der Waals surface area contributed by atoms with E-state index in [-0.39, 0.29) is 11.8 Å². The van der Waals surface area contributed by atoms with Gasteiger partial charge in [-0.1, -0.05) is 0 Å². The molecule has 1 unspecified atom stereocenters. The van der Waals surface area contributed by atoms with Crippen molar-refractivity contribution in [3.05, 3.63) is 42.2 Å². The van der Waals surface area contributed by atoms with Gasteiger partial charge in [-0.25, -0.2) is 15.0 Å². The Morgan fingerprint density at radius 1 is 1.24 bits per heavy atom. The zero-order chi connectivity index (χ0) is 20.5. The number of aromatic nitrogens is 5. The summed E-state index contributed by atoms with van der Waals surface area (Å²) in [6.07, 6.45) is 6.94. The van der Waals surface area contributed by atoms with E-state index < -0.39 is 0 Å². The molecule has 1 aliphatic rings. The fraction of sp³-hybridized carbons (Fsp3) is 0.476. The van der Waals surface area contributed by atoms with E-state index in [1.807, 2.05) is 18.6 Å². The Morgan fingerprint density at radius 3 is 2.83 bits per heavy atom. The van der Waals surface area contributed by atoms with Crippen molar-refractivity contribution in [1.29, 1.82) is 0 Å². The first-order valence-corrected chi connectivity index (χ1v) is 10.0. The Labute approximate surface area is 170 Å². The van der Waals surface area contributed by atoms with Crippen LogP contribution in [0.5, 0.6) is 0 Å². The number of imidazole rings is 1. The van der Waals surface area contributed by atoms with E-state index in [9.17, 15) is 4.79 Å². The fourth-order valence-electron chi connectivity index (χ4n) is 3.81. The Hall–Kier alpha value is -3.03. The maximum atomic E-state index is 12.2. The molecule has 4 heterocycles. The summed E-state index contributed by atoms with van der Waals surface area (Å²) in [6, 6.07) is 4.35. The van der Waals surface area contributed by atoms with E-state index in [0.29, 0.717) is 25.0 Å². The topological polar surface area (TPSA) is 80.0 Å². The van der Waals surface area contributed by atoms with Gasteiger partial charge >= 0.3 is 0 Å². The second-order valence-electron chi connectivity index (χ2n) is 8.10. The van der Waals surface area contributed by atoms with Gasteiger partial charge in [0, 0.05) is 51.5 Å². The number of hydrogen-bond donors (Lipinski definition) is 0. The molecule has 1 aliphatic heterocycles. The second-order valence-corrected chi connectivity index (χ2v) is 8.10. The summed E-state index contributed by atoms with van der Waals surface area (Å²) >= 11 is 0. The highest BCUT2D eigenvalue weighted by Crippen LogP contribution is 2.23. The summed E-state index contributed by atoms with van der Waals surface area (Å²) in [6.45, 7) is 5.74. The van der Waals surface area contributed by atoms with Gasteiger partial charge in [0.2, 0.25) is 11.9 Å². The molecule has 8 nitrogen and oxygen atoms in total. The summed E-state index contributed by atoms with van der Waals surface area (Å²) in [7, 11) is 3.61. The Kier molecular flexibility index (Phi) is 5.17. The first-order chi connectivity index (χ1) is 13.9. The highest BCUT2D eigenvalue weighted by molar-refractivity contribution is 5.79. The van der Waals surface area contributed by atoms with Crippen LogP contribution in [0.2, 0.25) is 0 Å². The predicted octanol–water partition coefficient (Wildman–Crippen LogP) is 2.31. The minimum atomic E-state index is 0.0117. The summed E-state index contributed by atoms with van der Waals surface area (Å²) in [5, 5.41) is 0. The molecule has 29 heavy (non-hydrogen) atoms. The maximum Gasteiger partial charge on any atom is 0.227 e. The largest absolute Gasteiger partial charge is 0.349 e. The Morgan fingerprint density at radius 2 is 2.07 bits per heavy atom. The van der Waals surface area contributed by atoms with Crippen molar-refractivity contribution in [2.75, 3.05) is 32.1 Å².